The number of anilines is 1. The van der Waals surface area contributed by atoms with E-state index >= 15 is 0 Å². The molecule has 3 aromatic carbocycles. The highest BCUT2D eigenvalue weighted by Crippen LogP contribution is 2.35. The Morgan fingerprint density at radius 2 is 1.77 bits per heavy atom. The molecule has 0 saturated heterocycles. The first kappa shape index (κ1) is 27.5. The minimum atomic E-state index is -1.01. The molecule has 4 aromatic rings. The second-order valence-corrected chi connectivity index (χ2v) is 10.3. The number of carbonyl (C=O) groups excluding carboxylic acids is 2. The van der Waals surface area contributed by atoms with Gasteiger partial charge >= 0.3 is 0 Å². The van der Waals surface area contributed by atoms with Gasteiger partial charge in [-0.3, -0.25) is 14.5 Å². The monoisotopic (exact) mass is 561 g/mol. The summed E-state index contributed by atoms with van der Waals surface area (Å²) in [5.74, 6) is 0.344. The molecule has 1 N–H and O–H groups in total. The molecule has 10 heteroatoms. The minimum absolute atomic E-state index is 0.0412. The van der Waals surface area contributed by atoms with Gasteiger partial charge in [0.05, 0.1) is 19.7 Å². The van der Waals surface area contributed by atoms with Gasteiger partial charge in [-0.1, -0.05) is 60.3 Å². The normalized spacial score (nSPS) is 14.5. The SMILES string of the molecule is COc1ccc(C(C(=O)NC2CCCCC2)N(C(=O)Cn2nnc3ccccc32)c2cccc(Cl)c2)cc1OC. The van der Waals surface area contributed by atoms with E-state index in [1.54, 1.807) is 54.3 Å². The number of hydrogen-bond donors (Lipinski definition) is 1. The number of methoxy groups -OCH3 is 2. The van der Waals surface area contributed by atoms with Gasteiger partial charge in [-0.2, -0.15) is 0 Å². The molecule has 208 valence electrons. The number of ether oxygens (including phenoxy) is 2. The molecule has 1 heterocycles. The minimum Gasteiger partial charge on any atom is -0.493 e. The zero-order chi connectivity index (χ0) is 28.1. The fourth-order valence-corrected chi connectivity index (χ4v) is 5.45. The van der Waals surface area contributed by atoms with Crippen LogP contribution in [-0.4, -0.2) is 47.1 Å². The van der Waals surface area contributed by atoms with Crippen LogP contribution in [-0.2, 0) is 16.1 Å². The van der Waals surface area contributed by atoms with E-state index in [-0.39, 0.29) is 24.4 Å². The van der Waals surface area contributed by atoms with E-state index in [9.17, 15) is 9.59 Å². The van der Waals surface area contributed by atoms with Gasteiger partial charge in [-0.15, -0.1) is 5.10 Å². The summed E-state index contributed by atoms with van der Waals surface area (Å²) in [4.78, 5) is 29.8. The molecule has 9 nitrogen and oxygen atoms in total. The molecule has 1 saturated carbocycles. The summed E-state index contributed by atoms with van der Waals surface area (Å²) in [6.45, 7) is -0.131. The summed E-state index contributed by atoms with van der Waals surface area (Å²) in [6.07, 6.45) is 5.08. The summed E-state index contributed by atoms with van der Waals surface area (Å²) in [5.41, 5.74) is 2.45. The van der Waals surface area contributed by atoms with E-state index in [1.165, 1.54) is 12.0 Å². The summed E-state index contributed by atoms with van der Waals surface area (Å²) >= 11 is 6.39. The van der Waals surface area contributed by atoms with Crippen LogP contribution < -0.4 is 19.7 Å². The van der Waals surface area contributed by atoms with Gasteiger partial charge in [0.15, 0.2) is 11.5 Å². The number of halogens is 1. The number of rotatable bonds is 9. The van der Waals surface area contributed by atoms with Crippen LogP contribution in [0.5, 0.6) is 11.5 Å². The smallest absolute Gasteiger partial charge is 0.249 e. The lowest BCUT2D eigenvalue weighted by atomic mass is 9.94. The maximum absolute atomic E-state index is 14.2. The quantitative estimate of drug-likeness (QED) is 0.297. The van der Waals surface area contributed by atoms with Gasteiger partial charge in [0.25, 0.3) is 0 Å². The molecule has 2 amide bonds. The molecule has 5 rings (SSSR count). The van der Waals surface area contributed by atoms with Crippen LogP contribution in [0.2, 0.25) is 5.02 Å². The Morgan fingerprint density at radius 1 is 1.00 bits per heavy atom. The van der Waals surface area contributed by atoms with Gasteiger partial charge in [0, 0.05) is 16.8 Å². The largest absolute Gasteiger partial charge is 0.493 e. The number of aromatic nitrogens is 3. The van der Waals surface area contributed by atoms with E-state index in [4.69, 9.17) is 21.1 Å². The molecule has 1 aliphatic rings. The lowest BCUT2D eigenvalue weighted by Crippen LogP contribution is -2.48. The molecule has 0 spiro atoms. The van der Waals surface area contributed by atoms with Crippen LogP contribution in [0, 0.1) is 0 Å². The van der Waals surface area contributed by atoms with Gasteiger partial charge in [-0.25, -0.2) is 4.68 Å². The molecule has 0 bridgehead atoms. The lowest BCUT2D eigenvalue weighted by molar-refractivity contribution is -0.127. The number of para-hydroxylation sites is 1. The summed E-state index contributed by atoms with van der Waals surface area (Å²) in [5, 5.41) is 12.1. The molecule has 0 radical (unpaired) electrons. The van der Waals surface area contributed by atoms with Crippen LogP contribution in [0.3, 0.4) is 0 Å². The summed E-state index contributed by atoms with van der Waals surface area (Å²) in [6, 6.07) is 18.6. The predicted octanol–water partition coefficient (Wildman–Crippen LogP) is 5.33. The molecule has 1 aliphatic carbocycles. The van der Waals surface area contributed by atoms with Crippen molar-refractivity contribution in [2.24, 2.45) is 0 Å². The van der Waals surface area contributed by atoms with E-state index in [1.807, 2.05) is 24.3 Å². The summed E-state index contributed by atoms with van der Waals surface area (Å²) < 4.78 is 12.5. The molecule has 1 fully saturated rings. The zero-order valence-electron chi connectivity index (χ0n) is 22.5. The van der Waals surface area contributed by atoms with E-state index in [0.29, 0.717) is 33.3 Å². The molecular formula is C30H32ClN5O4. The Morgan fingerprint density at radius 3 is 2.52 bits per heavy atom. The maximum atomic E-state index is 14.2. The van der Waals surface area contributed by atoms with Crippen LogP contribution in [0.4, 0.5) is 5.69 Å². The third-order valence-corrected chi connectivity index (χ3v) is 7.48. The van der Waals surface area contributed by atoms with Crippen LogP contribution in [0.15, 0.2) is 66.7 Å². The van der Waals surface area contributed by atoms with E-state index < -0.39 is 6.04 Å². The predicted molar refractivity (Wildman–Crippen MR) is 154 cm³/mol. The van der Waals surface area contributed by atoms with Gasteiger partial charge in [-0.05, 0) is 60.9 Å². The number of fused-ring (bicyclic) bond motifs is 1. The molecule has 0 aliphatic heterocycles. The number of carbonyl (C=O) groups is 2. The van der Waals surface area contributed by atoms with Gasteiger partial charge < -0.3 is 14.8 Å². The van der Waals surface area contributed by atoms with Gasteiger partial charge in [0.1, 0.15) is 18.1 Å². The van der Waals surface area contributed by atoms with Crippen molar-refractivity contribution in [3.05, 3.63) is 77.3 Å². The average Bonchev–Trinajstić information content (AvgIpc) is 3.38. The number of hydrogen-bond acceptors (Lipinski definition) is 6. The highest BCUT2D eigenvalue weighted by Gasteiger charge is 2.35. The second-order valence-electron chi connectivity index (χ2n) is 9.84. The van der Waals surface area contributed by atoms with Crippen molar-refractivity contribution >= 4 is 40.1 Å². The van der Waals surface area contributed by atoms with E-state index in [0.717, 1.165) is 37.6 Å². The third-order valence-electron chi connectivity index (χ3n) is 7.24. The Bertz CT molecular complexity index is 1500. The van der Waals surface area contributed by atoms with Crippen LogP contribution in [0.25, 0.3) is 11.0 Å². The first-order valence-corrected chi connectivity index (χ1v) is 13.7. The lowest BCUT2D eigenvalue weighted by Gasteiger charge is -2.33. The average molecular weight is 562 g/mol. The van der Waals surface area contributed by atoms with E-state index in [2.05, 4.69) is 15.6 Å². The Kier molecular flexibility index (Phi) is 8.50. The standard InChI is InChI=1S/C30H32ClN5O4/c1-39-26-16-15-20(17-27(26)40-2)29(30(38)32-22-10-4-3-5-11-22)36(23-12-8-9-21(31)18-23)28(37)19-35-25-14-7-6-13-24(25)33-34-35/h6-9,12-18,22,29H,3-5,10-11,19H2,1-2H3,(H,32,38). The zero-order valence-corrected chi connectivity index (χ0v) is 23.3. The first-order valence-electron chi connectivity index (χ1n) is 13.4. The van der Waals surface area contributed by atoms with Gasteiger partial charge in [0.2, 0.25) is 11.8 Å². The third kappa shape index (κ3) is 5.89. The summed E-state index contributed by atoms with van der Waals surface area (Å²) in [7, 11) is 3.09. The number of amides is 2. The van der Waals surface area contributed by atoms with Crippen molar-refractivity contribution in [1.29, 1.82) is 0 Å². The Labute approximate surface area is 238 Å². The highest BCUT2D eigenvalue weighted by molar-refractivity contribution is 6.31. The number of nitrogens with zero attached hydrogens (tertiary/aromatic N) is 4. The Balaban J connectivity index is 1.60. The number of nitrogens with one attached hydrogen (secondary N) is 1. The molecule has 1 unspecified atom stereocenters. The van der Waals surface area contributed by atoms with Crippen molar-refractivity contribution in [2.75, 3.05) is 19.1 Å². The first-order chi connectivity index (χ1) is 19.5. The van der Waals surface area contributed by atoms with Crippen molar-refractivity contribution in [3.63, 3.8) is 0 Å². The maximum Gasteiger partial charge on any atom is 0.249 e. The van der Waals surface area contributed by atoms with Crippen molar-refractivity contribution < 1.29 is 19.1 Å². The highest BCUT2D eigenvalue weighted by atomic mass is 35.5. The van der Waals surface area contributed by atoms with Crippen LogP contribution in [0.1, 0.15) is 43.7 Å². The van der Waals surface area contributed by atoms with Crippen molar-refractivity contribution in [2.45, 2.75) is 50.7 Å². The molecule has 1 atom stereocenters. The van der Waals surface area contributed by atoms with Crippen molar-refractivity contribution in [3.8, 4) is 11.5 Å². The molecule has 1 aromatic heterocycles. The van der Waals surface area contributed by atoms with Crippen molar-refractivity contribution in [1.82, 2.24) is 20.3 Å². The Hall–Kier alpha value is -4.11. The fraction of sp³-hybridized carbons (Fsp3) is 0.333. The topological polar surface area (TPSA) is 98.6 Å². The fourth-order valence-electron chi connectivity index (χ4n) is 5.27. The molecular weight excluding hydrogens is 530 g/mol. The molecule has 40 heavy (non-hydrogen) atoms. The second kappa shape index (κ2) is 12.4. The van der Waals surface area contributed by atoms with Crippen LogP contribution >= 0.6 is 11.6 Å². The number of benzene rings is 3.